The molecule has 2 atom stereocenters. The van der Waals surface area contributed by atoms with Crippen molar-refractivity contribution in [3.05, 3.63) is 29.8 Å². The molecule has 0 amide bonds. The minimum atomic E-state index is 0.253. The van der Waals surface area contributed by atoms with Gasteiger partial charge in [0.1, 0.15) is 11.9 Å². The van der Waals surface area contributed by atoms with E-state index in [2.05, 4.69) is 24.4 Å². The van der Waals surface area contributed by atoms with E-state index in [9.17, 15) is 0 Å². The summed E-state index contributed by atoms with van der Waals surface area (Å²) in [6.45, 7) is 3.80. The van der Waals surface area contributed by atoms with E-state index in [0.717, 1.165) is 25.3 Å². The topological polar surface area (TPSA) is 30.5 Å². The number of fused-ring (bicyclic) bond motifs is 1. The first-order valence-corrected chi connectivity index (χ1v) is 5.77. The molecule has 0 fully saturated rings. The highest BCUT2D eigenvalue weighted by Gasteiger charge is 2.21. The van der Waals surface area contributed by atoms with Crippen molar-refractivity contribution in [1.29, 1.82) is 0 Å². The molecule has 1 heterocycles. The highest BCUT2D eigenvalue weighted by atomic mass is 16.5. The van der Waals surface area contributed by atoms with Crippen LogP contribution in [0.25, 0.3) is 0 Å². The highest BCUT2D eigenvalue weighted by molar-refractivity contribution is 5.37. The molecule has 2 unspecified atom stereocenters. The fourth-order valence-corrected chi connectivity index (χ4v) is 1.90. The van der Waals surface area contributed by atoms with Gasteiger partial charge in [-0.3, -0.25) is 0 Å². The highest BCUT2D eigenvalue weighted by Crippen LogP contribution is 2.27. The van der Waals surface area contributed by atoms with Crippen LogP contribution < -0.4 is 10.1 Å². The first-order valence-electron chi connectivity index (χ1n) is 5.77. The Morgan fingerprint density at radius 3 is 3.06 bits per heavy atom. The number of methoxy groups -OCH3 is 1. The number of hydrogen-bond donors (Lipinski definition) is 1. The number of para-hydroxylation sites is 1. The van der Waals surface area contributed by atoms with E-state index in [1.807, 2.05) is 12.1 Å². The smallest absolute Gasteiger partial charge is 0.123 e. The molecule has 3 nitrogen and oxygen atoms in total. The van der Waals surface area contributed by atoms with Gasteiger partial charge >= 0.3 is 0 Å². The molecule has 3 heteroatoms. The van der Waals surface area contributed by atoms with Gasteiger partial charge in [0, 0.05) is 26.6 Å². The Hall–Kier alpha value is -1.06. The standard InChI is InChI=1S/C13H19NO2/c1-10(15-2)8-14-9-12-7-11-5-3-4-6-13(11)16-12/h3-6,10,12,14H,7-9H2,1-2H3. The lowest BCUT2D eigenvalue weighted by molar-refractivity contribution is 0.113. The SMILES string of the molecule is COC(C)CNCC1Cc2ccccc2O1. The third-order valence-corrected chi connectivity index (χ3v) is 2.92. The molecule has 0 radical (unpaired) electrons. The Morgan fingerprint density at radius 2 is 2.31 bits per heavy atom. The van der Waals surface area contributed by atoms with Crippen molar-refractivity contribution < 1.29 is 9.47 Å². The van der Waals surface area contributed by atoms with Gasteiger partial charge in [0.25, 0.3) is 0 Å². The van der Waals surface area contributed by atoms with Crippen LogP contribution in [-0.4, -0.2) is 32.4 Å². The molecule has 1 aliphatic rings. The average Bonchev–Trinajstić information content (AvgIpc) is 2.71. The normalized spacial score (nSPS) is 20.2. The first-order chi connectivity index (χ1) is 7.79. The van der Waals surface area contributed by atoms with E-state index in [1.165, 1.54) is 5.56 Å². The molecule has 0 saturated carbocycles. The van der Waals surface area contributed by atoms with Gasteiger partial charge in [-0.15, -0.1) is 0 Å². The minimum absolute atomic E-state index is 0.253. The van der Waals surface area contributed by atoms with Crippen LogP contribution in [0.5, 0.6) is 5.75 Å². The van der Waals surface area contributed by atoms with Gasteiger partial charge in [0.15, 0.2) is 0 Å². The second-order valence-electron chi connectivity index (χ2n) is 4.26. The van der Waals surface area contributed by atoms with E-state index in [-0.39, 0.29) is 12.2 Å². The van der Waals surface area contributed by atoms with Crippen molar-refractivity contribution in [2.75, 3.05) is 20.2 Å². The quantitative estimate of drug-likeness (QED) is 0.819. The van der Waals surface area contributed by atoms with Crippen LogP contribution in [0.2, 0.25) is 0 Å². The molecule has 16 heavy (non-hydrogen) atoms. The third kappa shape index (κ3) is 2.74. The monoisotopic (exact) mass is 221 g/mol. The lowest BCUT2D eigenvalue weighted by atomic mass is 10.1. The Balaban J connectivity index is 1.75. The van der Waals surface area contributed by atoms with Crippen molar-refractivity contribution in [1.82, 2.24) is 5.32 Å². The molecule has 0 aliphatic carbocycles. The van der Waals surface area contributed by atoms with Crippen LogP contribution in [-0.2, 0) is 11.2 Å². The maximum atomic E-state index is 5.82. The van der Waals surface area contributed by atoms with Gasteiger partial charge in [0.2, 0.25) is 0 Å². The molecule has 1 aromatic carbocycles. The van der Waals surface area contributed by atoms with Crippen LogP contribution in [0, 0.1) is 0 Å². The van der Waals surface area contributed by atoms with Crippen molar-refractivity contribution in [2.24, 2.45) is 0 Å². The van der Waals surface area contributed by atoms with Crippen molar-refractivity contribution in [3.8, 4) is 5.75 Å². The van der Waals surface area contributed by atoms with E-state index in [0.29, 0.717) is 0 Å². The Bertz CT molecular complexity index is 315. The fraction of sp³-hybridized carbons (Fsp3) is 0.538. The first kappa shape index (κ1) is 11.4. The molecule has 0 bridgehead atoms. The predicted molar refractivity (Wildman–Crippen MR) is 63.9 cm³/mol. The Kier molecular flexibility index (Phi) is 3.80. The van der Waals surface area contributed by atoms with Gasteiger partial charge in [-0.25, -0.2) is 0 Å². The summed E-state index contributed by atoms with van der Waals surface area (Å²) >= 11 is 0. The maximum Gasteiger partial charge on any atom is 0.123 e. The van der Waals surface area contributed by atoms with Crippen LogP contribution >= 0.6 is 0 Å². The van der Waals surface area contributed by atoms with Gasteiger partial charge in [-0.05, 0) is 18.6 Å². The zero-order valence-corrected chi connectivity index (χ0v) is 9.90. The average molecular weight is 221 g/mol. The lowest BCUT2D eigenvalue weighted by Gasteiger charge is -2.14. The van der Waals surface area contributed by atoms with Crippen molar-refractivity contribution in [2.45, 2.75) is 25.6 Å². The Morgan fingerprint density at radius 1 is 1.50 bits per heavy atom. The van der Waals surface area contributed by atoms with Crippen LogP contribution in [0.1, 0.15) is 12.5 Å². The minimum Gasteiger partial charge on any atom is -0.488 e. The largest absolute Gasteiger partial charge is 0.488 e. The number of hydrogen-bond acceptors (Lipinski definition) is 3. The maximum absolute atomic E-state index is 5.82. The summed E-state index contributed by atoms with van der Waals surface area (Å²) < 4.78 is 11.0. The Labute approximate surface area is 96.8 Å². The van der Waals surface area contributed by atoms with Crippen molar-refractivity contribution >= 4 is 0 Å². The van der Waals surface area contributed by atoms with Gasteiger partial charge < -0.3 is 14.8 Å². The zero-order chi connectivity index (χ0) is 11.4. The second kappa shape index (κ2) is 5.32. The van der Waals surface area contributed by atoms with E-state index >= 15 is 0 Å². The molecule has 1 aromatic rings. The van der Waals surface area contributed by atoms with E-state index in [4.69, 9.17) is 9.47 Å². The number of nitrogens with one attached hydrogen (secondary N) is 1. The molecular weight excluding hydrogens is 202 g/mol. The summed E-state index contributed by atoms with van der Waals surface area (Å²) in [4.78, 5) is 0. The van der Waals surface area contributed by atoms with Gasteiger partial charge in [-0.1, -0.05) is 18.2 Å². The predicted octanol–water partition coefficient (Wildman–Crippen LogP) is 1.61. The lowest BCUT2D eigenvalue weighted by Crippen LogP contribution is -2.34. The summed E-state index contributed by atoms with van der Waals surface area (Å²) in [7, 11) is 1.73. The van der Waals surface area contributed by atoms with E-state index in [1.54, 1.807) is 7.11 Å². The fourth-order valence-electron chi connectivity index (χ4n) is 1.90. The van der Waals surface area contributed by atoms with Crippen LogP contribution in [0.4, 0.5) is 0 Å². The summed E-state index contributed by atoms with van der Waals surface area (Å²) in [5, 5.41) is 3.36. The molecule has 1 aliphatic heterocycles. The number of ether oxygens (including phenoxy) is 2. The summed E-state index contributed by atoms with van der Waals surface area (Å²) in [6.07, 6.45) is 1.52. The molecule has 0 aromatic heterocycles. The summed E-state index contributed by atoms with van der Waals surface area (Å²) in [6, 6.07) is 8.24. The molecule has 0 spiro atoms. The molecular formula is C13H19NO2. The molecule has 0 saturated heterocycles. The summed E-state index contributed by atoms with van der Waals surface area (Å²) in [5.74, 6) is 1.04. The van der Waals surface area contributed by atoms with Crippen molar-refractivity contribution in [3.63, 3.8) is 0 Å². The number of rotatable bonds is 5. The third-order valence-electron chi connectivity index (χ3n) is 2.92. The zero-order valence-electron chi connectivity index (χ0n) is 9.90. The molecule has 2 rings (SSSR count). The second-order valence-corrected chi connectivity index (χ2v) is 4.26. The van der Waals surface area contributed by atoms with E-state index < -0.39 is 0 Å². The molecule has 88 valence electrons. The molecule has 1 N–H and O–H groups in total. The van der Waals surface area contributed by atoms with Gasteiger partial charge in [0.05, 0.1) is 6.10 Å². The number of benzene rings is 1. The summed E-state index contributed by atoms with van der Waals surface area (Å²) in [5.41, 5.74) is 1.31. The van der Waals surface area contributed by atoms with Gasteiger partial charge in [-0.2, -0.15) is 0 Å². The van der Waals surface area contributed by atoms with Crippen LogP contribution in [0.15, 0.2) is 24.3 Å². The van der Waals surface area contributed by atoms with Crippen LogP contribution in [0.3, 0.4) is 0 Å².